The Balaban J connectivity index is 2.76. The smallest absolute Gasteiger partial charge is 0.241 e. The third-order valence-electron chi connectivity index (χ3n) is 2.08. The Labute approximate surface area is 94.6 Å². The maximum Gasteiger partial charge on any atom is 0.241 e. The summed E-state index contributed by atoms with van der Waals surface area (Å²) in [6.07, 6.45) is 2.96. The number of rotatable bonds is 4. The van der Waals surface area contributed by atoms with Gasteiger partial charge in [0.05, 0.1) is 6.07 Å². The number of hydrogen-bond donors (Lipinski definition) is 1. The third-order valence-corrected chi connectivity index (χ3v) is 2.08. The molecule has 0 spiro atoms. The van der Waals surface area contributed by atoms with Gasteiger partial charge in [0.2, 0.25) is 5.91 Å². The Hall–Kier alpha value is -2.28. The Morgan fingerprint density at radius 2 is 2.12 bits per heavy atom. The van der Waals surface area contributed by atoms with Crippen LogP contribution in [0.3, 0.4) is 0 Å². The normalized spacial score (nSPS) is 10.0. The summed E-state index contributed by atoms with van der Waals surface area (Å²) in [5.41, 5.74) is 6.84. The number of primary amides is 1. The largest absolute Gasteiger partial charge is 0.366 e. The first kappa shape index (κ1) is 11.8. The van der Waals surface area contributed by atoms with E-state index in [-0.39, 0.29) is 0 Å². The first-order valence-electron chi connectivity index (χ1n) is 4.79. The summed E-state index contributed by atoms with van der Waals surface area (Å²) in [5.74, 6) is -0.467. The number of nitriles is 1. The van der Waals surface area contributed by atoms with Gasteiger partial charge < -0.3 is 10.6 Å². The van der Waals surface area contributed by atoms with Crippen molar-refractivity contribution >= 4 is 17.7 Å². The van der Waals surface area contributed by atoms with Crippen molar-refractivity contribution < 1.29 is 4.79 Å². The van der Waals surface area contributed by atoms with E-state index in [1.165, 1.54) is 6.08 Å². The lowest BCUT2D eigenvalue weighted by Gasteiger charge is -2.14. The summed E-state index contributed by atoms with van der Waals surface area (Å²) >= 11 is 0. The number of nitrogens with two attached hydrogens (primary N) is 1. The van der Waals surface area contributed by atoms with E-state index < -0.39 is 5.91 Å². The van der Waals surface area contributed by atoms with Gasteiger partial charge in [0, 0.05) is 18.8 Å². The Bertz CT molecular complexity index is 429. The highest BCUT2D eigenvalue weighted by Gasteiger charge is 1.98. The van der Waals surface area contributed by atoms with E-state index in [0.29, 0.717) is 6.54 Å². The topological polar surface area (TPSA) is 70.1 Å². The van der Waals surface area contributed by atoms with Crippen molar-refractivity contribution in [2.24, 2.45) is 5.73 Å². The molecule has 0 saturated carbocycles. The Morgan fingerprint density at radius 3 is 2.62 bits per heavy atom. The second-order valence-corrected chi connectivity index (χ2v) is 3.34. The number of nitrogens with zero attached hydrogens (tertiary/aromatic N) is 2. The predicted octanol–water partition coefficient (Wildman–Crippen LogP) is 1.14. The Kier molecular flexibility index (Phi) is 4.10. The number of carbonyl (C=O) groups excluding carboxylic acids is 1. The molecule has 0 saturated heterocycles. The third kappa shape index (κ3) is 3.46. The van der Waals surface area contributed by atoms with Crippen LogP contribution in [0.1, 0.15) is 5.56 Å². The molecule has 0 bridgehead atoms. The molecule has 0 aliphatic carbocycles. The molecule has 0 atom stereocenters. The van der Waals surface area contributed by atoms with Crippen molar-refractivity contribution in [2.75, 3.05) is 18.5 Å². The second-order valence-electron chi connectivity index (χ2n) is 3.34. The summed E-state index contributed by atoms with van der Waals surface area (Å²) in [5, 5.41) is 8.54. The van der Waals surface area contributed by atoms with Crippen LogP contribution in [-0.2, 0) is 4.79 Å². The highest BCUT2D eigenvalue weighted by atomic mass is 16.1. The molecule has 4 nitrogen and oxygen atoms in total. The van der Waals surface area contributed by atoms with Crippen molar-refractivity contribution in [3.63, 3.8) is 0 Å². The molecule has 0 fully saturated rings. The zero-order valence-electron chi connectivity index (χ0n) is 9.05. The lowest BCUT2D eigenvalue weighted by molar-refractivity contribution is -0.113. The maximum absolute atomic E-state index is 10.5. The van der Waals surface area contributed by atoms with Crippen LogP contribution in [0, 0.1) is 11.3 Å². The minimum Gasteiger partial charge on any atom is -0.366 e. The average molecular weight is 215 g/mol. The number of carbonyl (C=O) groups is 1. The first-order valence-corrected chi connectivity index (χ1v) is 4.79. The van der Waals surface area contributed by atoms with Gasteiger partial charge in [0.1, 0.15) is 6.54 Å². The predicted molar refractivity (Wildman–Crippen MR) is 63.6 cm³/mol. The fraction of sp³-hybridized carbons (Fsp3) is 0.167. The van der Waals surface area contributed by atoms with Crippen LogP contribution in [0.15, 0.2) is 30.3 Å². The van der Waals surface area contributed by atoms with E-state index in [0.717, 1.165) is 11.3 Å². The van der Waals surface area contributed by atoms with Crippen LogP contribution in [0.2, 0.25) is 0 Å². The van der Waals surface area contributed by atoms with Crippen LogP contribution in [0.25, 0.3) is 6.08 Å². The van der Waals surface area contributed by atoms with Crippen LogP contribution >= 0.6 is 0 Å². The molecule has 0 radical (unpaired) electrons. The molecule has 0 unspecified atom stereocenters. The minimum absolute atomic E-state index is 0.344. The van der Waals surface area contributed by atoms with Crippen LogP contribution in [-0.4, -0.2) is 19.5 Å². The van der Waals surface area contributed by atoms with E-state index >= 15 is 0 Å². The van der Waals surface area contributed by atoms with Gasteiger partial charge in [-0.25, -0.2) is 0 Å². The zero-order valence-corrected chi connectivity index (χ0v) is 9.05. The molecule has 82 valence electrons. The van der Waals surface area contributed by atoms with Crippen LogP contribution < -0.4 is 10.6 Å². The molecule has 1 aromatic rings. The quantitative estimate of drug-likeness (QED) is 0.605. The highest BCUT2D eigenvalue weighted by molar-refractivity contribution is 5.90. The molecular weight excluding hydrogens is 202 g/mol. The molecule has 4 heteroatoms. The number of benzene rings is 1. The fourth-order valence-corrected chi connectivity index (χ4v) is 1.22. The average Bonchev–Trinajstić information content (AvgIpc) is 2.27. The lowest BCUT2D eigenvalue weighted by atomic mass is 10.2. The van der Waals surface area contributed by atoms with Crippen molar-refractivity contribution in [1.29, 1.82) is 5.26 Å². The monoisotopic (exact) mass is 215 g/mol. The van der Waals surface area contributed by atoms with E-state index in [1.807, 2.05) is 36.2 Å². The molecule has 0 aliphatic heterocycles. The van der Waals surface area contributed by atoms with Gasteiger partial charge in [-0.05, 0) is 23.8 Å². The molecular formula is C12H13N3O. The fourth-order valence-electron chi connectivity index (χ4n) is 1.22. The summed E-state index contributed by atoms with van der Waals surface area (Å²) in [6.45, 7) is 0.344. The van der Waals surface area contributed by atoms with Crippen molar-refractivity contribution in [3.8, 4) is 6.07 Å². The summed E-state index contributed by atoms with van der Waals surface area (Å²) < 4.78 is 0. The van der Waals surface area contributed by atoms with E-state index in [2.05, 4.69) is 6.07 Å². The van der Waals surface area contributed by atoms with Crippen LogP contribution in [0.4, 0.5) is 5.69 Å². The van der Waals surface area contributed by atoms with Gasteiger partial charge in [-0.15, -0.1) is 0 Å². The van der Waals surface area contributed by atoms with Gasteiger partial charge in [-0.1, -0.05) is 12.1 Å². The van der Waals surface area contributed by atoms with Gasteiger partial charge in [0.15, 0.2) is 0 Å². The zero-order chi connectivity index (χ0) is 12.0. The highest BCUT2D eigenvalue weighted by Crippen LogP contribution is 2.14. The summed E-state index contributed by atoms with van der Waals surface area (Å²) in [7, 11) is 1.84. The van der Waals surface area contributed by atoms with Gasteiger partial charge >= 0.3 is 0 Å². The molecule has 0 aliphatic rings. The molecule has 2 N–H and O–H groups in total. The van der Waals surface area contributed by atoms with Crippen molar-refractivity contribution in [2.45, 2.75) is 0 Å². The first-order chi connectivity index (χ1) is 7.63. The minimum atomic E-state index is -0.467. The number of anilines is 1. The van der Waals surface area contributed by atoms with E-state index in [9.17, 15) is 4.79 Å². The van der Waals surface area contributed by atoms with Gasteiger partial charge in [-0.3, -0.25) is 4.79 Å². The van der Waals surface area contributed by atoms with Crippen molar-refractivity contribution in [1.82, 2.24) is 0 Å². The second kappa shape index (κ2) is 5.56. The lowest BCUT2D eigenvalue weighted by Crippen LogP contribution is -2.16. The van der Waals surface area contributed by atoms with Gasteiger partial charge in [0.25, 0.3) is 0 Å². The molecule has 0 heterocycles. The molecule has 16 heavy (non-hydrogen) atoms. The van der Waals surface area contributed by atoms with E-state index in [1.54, 1.807) is 6.08 Å². The maximum atomic E-state index is 10.5. The number of amides is 1. The molecule has 1 amide bonds. The molecule has 1 rings (SSSR count). The van der Waals surface area contributed by atoms with E-state index in [4.69, 9.17) is 11.0 Å². The van der Waals surface area contributed by atoms with Gasteiger partial charge in [-0.2, -0.15) is 5.26 Å². The standard InChI is InChI=1S/C12H13N3O/c1-15(9-8-13)11-5-2-10(3-6-11)4-7-12(14)16/h2-7H,9H2,1H3,(H2,14,16)/b7-4+. The SMILES string of the molecule is CN(CC#N)c1ccc(/C=C/C(N)=O)cc1. The molecule has 0 aromatic heterocycles. The van der Waals surface area contributed by atoms with Crippen molar-refractivity contribution in [3.05, 3.63) is 35.9 Å². The van der Waals surface area contributed by atoms with Crippen LogP contribution in [0.5, 0.6) is 0 Å². The summed E-state index contributed by atoms with van der Waals surface area (Å²) in [6, 6.07) is 9.57. The molecule has 1 aromatic carbocycles. The summed E-state index contributed by atoms with van der Waals surface area (Å²) in [4.78, 5) is 12.4. The number of hydrogen-bond acceptors (Lipinski definition) is 3. The Morgan fingerprint density at radius 1 is 1.50 bits per heavy atom.